The van der Waals surface area contributed by atoms with Crippen LogP contribution < -0.4 is 10.1 Å². The average molecular weight is 459 g/mol. The number of halogens is 1. The van der Waals surface area contributed by atoms with Crippen molar-refractivity contribution in [2.75, 3.05) is 26.0 Å². The fourth-order valence-corrected chi connectivity index (χ4v) is 5.05. The highest BCUT2D eigenvalue weighted by Crippen LogP contribution is 2.30. The minimum Gasteiger partial charge on any atom is -0.478 e. The molecule has 0 bridgehead atoms. The van der Waals surface area contributed by atoms with Gasteiger partial charge in [0.15, 0.2) is 10.7 Å². The van der Waals surface area contributed by atoms with Crippen molar-refractivity contribution in [2.24, 2.45) is 0 Å². The first-order valence-corrected chi connectivity index (χ1v) is 11.5. The van der Waals surface area contributed by atoms with Crippen molar-refractivity contribution in [3.63, 3.8) is 0 Å². The second kappa shape index (κ2) is 8.19. The van der Waals surface area contributed by atoms with Gasteiger partial charge >= 0.3 is 0 Å². The molecule has 1 aromatic heterocycles. The van der Waals surface area contributed by atoms with Crippen molar-refractivity contribution in [3.05, 3.63) is 39.9 Å². The molecule has 1 aliphatic heterocycles. The number of nitrogens with one attached hydrogen (secondary N) is 1. The molecule has 1 N–H and O–H groups in total. The van der Waals surface area contributed by atoms with Crippen LogP contribution in [0.25, 0.3) is 0 Å². The Labute approximate surface area is 179 Å². The number of carbonyl (C=O) groups excluding carboxylic acids is 1. The fraction of sp³-hybridized carbons (Fsp3) is 0.444. The van der Waals surface area contributed by atoms with E-state index < -0.39 is 15.8 Å². The molecule has 0 spiro atoms. The Kier molecular flexibility index (Phi) is 6.21. The Morgan fingerprint density at radius 1 is 1.31 bits per heavy atom. The molecule has 1 aromatic carbocycles. The fourth-order valence-electron chi connectivity index (χ4n) is 2.74. The molecule has 3 rings (SSSR count). The van der Waals surface area contributed by atoms with Crippen molar-refractivity contribution >= 4 is 44.2 Å². The van der Waals surface area contributed by atoms with Crippen LogP contribution in [0.1, 0.15) is 24.4 Å². The largest absolute Gasteiger partial charge is 0.478 e. The number of ether oxygens (including phenoxy) is 1. The van der Waals surface area contributed by atoms with Crippen LogP contribution in [0.4, 0.5) is 5.13 Å². The van der Waals surface area contributed by atoms with Crippen molar-refractivity contribution in [1.82, 2.24) is 13.6 Å². The number of hydrogen-bond donors (Lipinski definition) is 1. The summed E-state index contributed by atoms with van der Waals surface area (Å²) >= 11 is 7.15. The van der Waals surface area contributed by atoms with Crippen LogP contribution in [0.3, 0.4) is 0 Å². The molecule has 158 valence electrons. The summed E-state index contributed by atoms with van der Waals surface area (Å²) in [4.78, 5) is 18.0. The first-order chi connectivity index (χ1) is 13.5. The molecule has 8 nitrogen and oxygen atoms in total. The van der Waals surface area contributed by atoms with Gasteiger partial charge in [-0.25, -0.2) is 4.98 Å². The Morgan fingerprint density at radius 2 is 1.97 bits per heavy atom. The number of fused-ring (bicyclic) bond motifs is 1. The van der Waals surface area contributed by atoms with Crippen LogP contribution in [0.2, 0.25) is 5.02 Å². The Morgan fingerprint density at radius 3 is 2.59 bits per heavy atom. The lowest BCUT2D eigenvalue weighted by Crippen LogP contribution is -2.42. The third-order valence-electron chi connectivity index (χ3n) is 4.44. The Hall–Kier alpha value is -1.72. The van der Waals surface area contributed by atoms with E-state index in [1.54, 1.807) is 38.1 Å². The first kappa shape index (κ1) is 22.0. The zero-order valence-electron chi connectivity index (χ0n) is 16.6. The van der Waals surface area contributed by atoms with E-state index >= 15 is 0 Å². The summed E-state index contributed by atoms with van der Waals surface area (Å²) in [5, 5.41) is 3.80. The number of amides is 1. The third-order valence-corrected chi connectivity index (χ3v) is 7.57. The van der Waals surface area contributed by atoms with Gasteiger partial charge in [-0.1, -0.05) is 11.6 Å². The highest BCUT2D eigenvalue weighted by molar-refractivity contribution is 7.86. The van der Waals surface area contributed by atoms with Crippen LogP contribution in [-0.4, -0.2) is 54.2 Å². The molecule has 1 amide bonds. The number of hydrogen-bond acceptors (Lipinski definition) is 6. The van der Waals surface area contributed by atoms with Crippen LogP contribution in [0.15, 0.2) is 24.3 Å². The molecule has 2 aromatic rings. The monoisotopic (exact) mass is 458 g/mol. The number of aromatic nitrogens is 1. The summed E-state index contributed by atoms with van der Waals surface area (Å²) in [6.07, 6.45) is 0.499. The number of nitrogens with zero attached hydrogens (tertiary/aromatic N) is 3. The van der Waals surface area contributed by atoms with Crippen LogP contribution in [0.5, 0.6) is 5.75 Å². The maximum Gasteiger partial charge on any atom is 0.281 e. The van der Waals surface area contributed by atoms with Crippen molar-refractivity contribution < 1.29 is 17.9 Å². The molecule has 0 aliphatic carbocycles. The number of thiazole rings is 1. The number of anilines is 1. The average Bonchev–Trinajstić information content (AvgIpc) is 3.04. The summed E-state index contributed by atoms with van der Waals surface area (Å²) < 4.78 is 33.1. The highest BCUT2D eigenvalue weighted by atomic mass is 35.5. The highest BCUT2D eigenvalue weighted by Gasteiger charge is 2.33. The molecule has 0 fully saturated rings. The topological polar surface area (TPSA) is 91.8 Å². The second-order valence-electron chi connectivity index (χ2n) is 7.28. The number of benzene rings is 1. The zero-order valence-corrected chi connectivity index (χ0v) is 19.0. The van der Waals surface area contributed by atoms with Gasteiger partial charge in [-0.2, -0.15) is 17.0 Å². The van der Waals surface area contributed by atoms with E-state index in [0.29, 0.717) is 28.9 Å². The normalized spacial score (nSPS) is 15.2. The van der Waals surface area contributed by atoms with Gasteiger partial charge in [0.25, 0.3) is 16.1 Å². The number of rotatable bonds is 6. The summed E-state index contributed by atoms with van der Waals surface area (Å²) in [5.41, 5.74) is -0.327. The SMILES string of the molecule is CN(C)S(=O)(=O)N1CCc2nc(NC(=O)C(C)(C)Oc3ccc(Cl)cc3)sc2C1. The lowest BCUT2D eigenvalue weighted by molar-refractivity contribution is -0.128. The molecule has 0 atom stereocenters. The Bertz CT molecular complexity index is 1000. The summed E-state index contributed by atoms with van der Waals surface area (Å²) in [6.45, 7) is 3.93. The Balaban J connectivity index is 1.69. The van der Waals surface area contributed by atoms with Gasteiger partial charge in [-0.3, -0.25) is 10.1 Å². The van der Waals surface area contributed by atoms with Gasteiger partial charge in [0.05, 0.1) is 12.2 Å². The second-order valence-corrected chi connectivity index (χ2v) is 10.9. The van der Waals surface area contributed by atoms with Gasteiger partial charge in [0.1, 0.15) is 5.75 Å². The van der Waals surface area contributed by atoms with Crippen molar-refractivity contribution in [3.8, 4) is 5.75 Å². The van der Waals surface area contributed by atoms with E-state index in [1.807, 2.05) is 0 Å². The smallest absolute Gasteiger partial charge is 0.281 e. The number of carbonyl (C=O) groups is 1. The quantitative estimate of drug-likeness (QED) is 0.718. The lowest BCUT2D eigenvalue weighted by atomic mass is 10.1. The molecule has 1 aliphatic rings. The summed E-state index contributed by atoms with van der Waals surface area (Å²) in [5.74, 6) is 0.175. The standard InChI is InChI=1S/C18H23ClN4O4S2/c1-18(2,27-13-7-5-12(19)6-8-13)16(24)21-17-20-14-9-10-23(11-15(14)28-17)29(25,26)22(3)4/h5-8H,9-11H2,1-4H3,(H,20,21,24). The molecule has 0 radical (unpaired) electrons. The predicted octanol–water partition coefficient (Wildman–Crippen LogP) is 2.76. The van der Waals surface area contributed by atoms with Crippen LogP contribution >= 0.6 is 22.9 Å². The van der Waals surface area contributed by atoms with E-state index in [9.17, 15) is 13.2 Å². The van der Waals surface area contributed by atoms with E-state index in [4.69, 9.17) is 16.3 Å². The molecule has 11 heteroatoms. The van der Waals surface area contributed by atoms with E-state index in [-0.39, 0.29) is 12.5 Å². The van der Waals surface area contributed by atoms with Crippen LogP contribution in [-0.2, 0) is 28.0 Å². The van der Waals surface area contributed by atoms with Gasteiger partial charge in [-0.05, 0) is 38.1 Å². The van der Waals surface area contributed by atoms with Gasteiger partial charge < -0.3 is 4.74 Å². The van der Waals surface area contributed by atoms with E-state index in [1.165, 1.54) is 34.0 Å². The van der Waals surface area contributed by atoms with Crippen molar-refractivity contribution in [2.45, 2.75) is 32.4 Å². The molecule has 29 heavy (non-hydrogen) atoms. The summed E-state index contributed by atoms with van der Waals surface area (Å²) in [7, 11) is -0.477. The maximum atomic E-state index is 12.7. The molecule has 0 unspecified atom stereocenters. The van der Waals surface area contributed by atoms with Gasteiger partial charge in [0, 0.05) is 37.0 Å². The van der Waals surface area contributed by atoms with E-state index in [2.05, 4.69) is 10.3 Å². The van der Waals surface area contributed by atoms with Gasteiger partial charge in [-0.15, -0.1) is 11.3 Å². The minimum absolute atomic E-state index is 0.244. The third kappa shape index (κ3) is 4.89. The van der Waals surface area contributed by atoms with E-state index in [0.717, 1.165) is 10.6 Å². The molecule has 0 saturated carbocycles. The summed E-state index contributed by atoms with van der Waals surface area (Å²) in [6, 6.07) is 6.76. The van der Waals surface area contributed by atoms with Crippen LogP contribution in [0, 0.1) is 0 Å². The molecular weight excluding hydrogens is 436 g/mol. The minimum atomic E-state index is -3.49. The molecular formula is C18H23ClN4O4S2. The molecule has 2 heterocycles. The molecule has 0 saturated heterocycles. The zero-order chi connectivity index (χ0) is 21.4. The van der Waals surface area contributed by atoms with Crippen molar-refractivity contribution in [1.29, 1.82) is 0 Å². The predicted molar refractivity (Wildman–Crippen MR) is 114 cm³/mol. The maximum absolute atomic E-state index is 12.7. The van der Waals surface area contributed by atoms with Gasteiger partial charge in [0.2, 0.25) is 0 Å². The first-order valence-electron chi connectivity index (χ1n) is 8.91. The lowest BCUT2D eigenvalue weighted by Gasteiger charge is -2.27.